The number of nitrogens with zero attached hydrogens (tertiary/aromatic N) is 2. The molecule has 0 saturated carbocycles. The number of hydrogen-bond donors (Lipinski definition) is 1. The number of fused-ring (bicyclic) bond motifs is 1. The van der Waals surface area contributed by atoms with Crippen LogP contribution in [0.4, 0.5) is 0 Å². The number of carbonyl (C=O) groups is 2. The van der Waals surface area contributed by atoms with Crippen molar-refractivity contribution in [2.45, 2.75) is 13.3 Å². The van der Waals surface area contributed by atoms with Crippen LogP contribution in [0, 0.1) is 6.92 Å². The summed E-state index contributed by atoms with van der Waals surface area (Å²) in [6, 6.07) is 1.30. The van der Waals surface area contributed by atoms with E-state index in [2.05, 4.69) is 4.90 Å². The van der Waals surface area contributed by atoms with Crippen molar-refractivity contribution in [3.05, 3.63) is 33.2 Å². The SMILES string of the molecule is COc1cc(O)c(C=O)c2oc(=O)c(CC(=O)N3CCN(C)CC3)c(C)c12. The van der Waals surface area contributed by atoms with E-state index < -0.39 is 5.63 Å². The maximum absolute atomic E-state index is 12.6. The fraction of sp³-hybridized carbons (Fsp3) is 0.421. The molecule has 1 amide bonds. The van der Waals surface area contributed by atoms with Crippen LogP contribution in [-0.2, 0) is 11.2 Å². The summed E-state index contributed by atoms with van der Waals surface area (Å²) in [6.07, 6.45) is 0.336. The predicted molar refractivity (Wildman–Crippen MR) is 98.6 cm³/mol. The highest BCUT2D eigenvalue weighted by atomic mass is 16.5. The normalized spacial score (nSPS) is 15.1. The highest BCUT2D eigenvalue weighted by molar-refractivity contribution is 6.02. The third kappa shape index (κ3) is 3.40. The van der Waals surface area contributed by atoms with E-state index in [1.54, 1.807) is 11.8 Å². The monoisotopic (exact) mass is 374 g/mol. The number of aldehydes is 1. The number of hydrogen-bond acceptors (Lipinski definition) is 7. The van der Waals surface area contributed by atoms with E-state index in [0.717, 1.165) is 13.1 Å². The van der Waals surface area contributed by atoms with Crippen LogP contribution in [0.15, 0.2) is 15.3 Å². The number of likely N-dealkylation sites (N-methyl/N-ethyl adjacent to an activating group) is 1. The number of piperazine rings is 1. The smallest absolute Gasteiger partial charge is 0.340 e. The molecule has 8 nitrogen and oxygen atoms in total. The maximum atomic E-state index is 12.6. The highest BCUT2D eigenvalue weighted by Crippen LogP contribution is 2.36. The van der Waals surface area contributed by atoms with Crippen molar-refractivity contribution in [1.82, 2.24) is 9.80 Å². The van der Waals surface area contributed by atoms with Gasteiger partial charge in [-0.1, -0.05) is 0 Å². The van der Waals surface area contributed by atoms with E-state index in [4.69, 9.17) is 9.15 Å². The number of ether oxygens (including phenoxy) is 1. The molecule has 2 heterocycles. The second-order valence-electron chi connectivity index (χ2n) is 6.69. The topological polar surface area (TPSA) is 100 Å². The maximum Gasteiger partial charge on any atom is 0.340 e. The molecule has 1 aliphatic rings. The van der Waals surface area contributed by atoms with Gasteiger partial charge in [0.2, 0.25) is 5.91 Å². The number of phenols is 1. The third-order valence-electron chi connectivity index (χ3n) is 5.05. The van der Waals surface area contributed by atoms with E-state index >= 15 is 0 Å². The number of amides is 1. The van der Waals surface area contributed by atoms with Crippen molar-refractivity contribution in [3.8, 4) is 11.5 Å². The summed E-state index contributed by atoms with van der Waals surface area (Å²) in [5.74, 6) is -0.216. The van der Waals surface area contributed by atoms with E-state index in [9.17, 15) is 19.5 Å². The summed E-state index contributed by atoms with van der Waals surface area (Å²) < 4.78 is 10.6. The predicted octanol–water partition coefficient (Wildman–Crippen LogP) is 0.945. The molecule has 144 valence electrons. The molecule has 1 aliphatic heterocycles. The summed E-state index contributed by atoms with van der Waals surface area (Å²) in [5, 5.41) is 10.4. The molecule has 0 atom stereocenters. The van der Waals surface area contributed by atoms with Crippen LogP contribution in [0.2, 0.25) is 0 Å². The van der Waals surface area contributed by atoms with Crippen LogP contribution >= 0.6 is 0 Å². The molecular formula is C19H22N2O6. The molecule has 1 aromatic heterocycles. The lowest BCUT2D eigenvalue weighted by atomic mass is 9.99. The molecule has 8 heteroatoms. The largest absolute Gasteiger partial charge is 0.507 e. The Morgan fingerprint density at radius 2 is 2.00 bits per heavy atom. The quantitative estimate of drug-likeness (QED) is 0.628. The van der Waals surface area contributed by atoms with Crippen LogP contribution in [0.25, 0.3) is 11.0 Å². The molecular weight excluding hydrogens is 352 g/mol. The number of methoxy groups -OCH3 is 1. The number of rotatable bonds is 4. The molecule has 0 radical (unpaired) electrons. The van der Waals surface area contributed by atoms with E-state index in [-0.39, 0.29) is 40.5 Å². The Balaban J connectivity index is 2.07. The van der Waals surface area contributed by atoms with Crippen molar-refractivity contribution in [2.24, 2.45) is 0 Å². The molecule has 1 N–H and O–H groups in total. The minimum absolute atomic E-state index is 0.0415. The van der Waals surface area contributed by atoms with Gasteiger partial charge in [-0.05, 0) is 19.5 Å². The molecule has 1 fully saturated rings. The summed E-state index contributed by atoms with van der Waals surface area (Å²) in [4.78, 5) is 40.4. The molecule has 1 aromatic carbocycles. The lowest BCUT2D eigenvalue weighted by molar-refractivity contribution is -0.132. The van der Waals surface area contributed by atoms with Gasteiger partial charge < -0.3 is 24.1 Å². The van der Waals surface area contributed by atoms with Gasteiger partial charge in [0.1, 0.15) is 11.5 Å². The first-order valence-electron chi connectivity index (χ1n) is 8.65. The van der Waals surface area contributed by atoms with Gasteiger partial charge >= 0.3 is 5.63 Å². The van der Waals surface area contributed by atoms with Crippen molar-refractivity contribution >= 4 is 23.2 Å². The molecule has 0 bridgehead atoms. The third-order valence-corrected chi connectivity index (χ3v) is 5.05. The van der Waals surface area contributed by atoms with Crippen molar-refractivity contribution in [1.29, 1.82) is 0 Å². The average Bonchev–Trinajstić information content (AvgIpc) is 2.64. The summed E-state index contributed by atoms with van der Waals surface area (Å²) in [7, 11) is 3.41. The molecule has 1 saturated heterocycles. The Morgan fingerprint density at radius 3 is 2.59 bits per heavy atom. The standard InChI is InChI=1S/C19H22N2O6/c1-11-12(8-16(24)21-6-4-20(2)5-7-21)19(25)27-18-13(10-22)14(23)9-15(26-3)17(11)18/h9-10,23H,4-8H2,1-3H3. The van der Waals surface area contributed by atoms with Crippen molar-refractivity contribution < 1.29 is 23.8 Å². The summed E-state index contributed by atoms with van der Waals surface area (Å²) in [6.45, 7) is 4.47. The molecule has 0 spiro atoms. The van der Waals surface area contributed by atoms with Gasteiger partial charge in [0.15, 0.2) is 11.9 Å². The fourth-order valence-corrected chi connectivity index (χ4v) is 3.35. The van der Waals surface area contributed by atoms with Gasteiger partial charge in [-0.15, -0.1) is 0 Å². The highest BCUT2D eigenvalue weighted by Gasteiger charge is 2.25. The van der Waals surface area contributed by atoms with Crippen molar-refractivity contribution in [3.63, 3.8) is 0 Å². The molecule has 27 heavy (non-hydrogen) atoms. The Bertz CT molecular complexity index is 957. The van der Waals surface area contributed by atoms with Crippen LogP contribution in [0.3, 0.4) is 0 Å². The Kier molecular flexibility index (Phi) is 5.18. The molecule has 0 unspecified atom stereocenters. The van der Waals surface area contributed by atoms with Crippen LogP contribution in [0.1, 0.15) is 21.5 Å². The van der Waals surface area contributed by atoms with E-state index in [1.807, 2.05) is 7.05 Å². The lowest BCUT2D eigenvalue weighted by Gasteiger charge is -2.32. The van der Waals surface area contributed by atoms with Gasteiger partial charge in [0.25, 0.3) is 0 Å². The van der Waals surface area contributed by atoms with E-state index in [0.29, 0.717) is 30.3 Å². The molecule has 3 rings (SSSR count). The zero-order valence-electron chi connectivity index (χ0n) is 15.6. The van der Waals surface area contributed by atoms with Crippen LogP contribution in [0.5, 0.6) is 11.5 Å². The molecule has 0 aliphatic carbocycles. The van der Waals surface area contributed by atoms with Gasteiger partial charge in [-0.3, -0.25) is 9.59 Å². The second kappa shape index (κ2) is 7.40. The first kappa shape index (κ1) is 18.9. The zero-order valence-corrected chi connectivity index (χ0v) is 15.6. The summed E-state index contributed by atoms with van der Waals surface area (Å²) >= 11 is 0. The van der Waals surface area contributed by atoms with Crippen LogP contribution < -0.4 is 10.4 Å². The Morgan fingerprint density at radius 1 is 1.33 bits per heavy atom. The average molecular weight is 374 g/mol. The van der Waals surface area contributed by atoms with Gasteiger partial charge in [-0.25, -0.2) is 4.79 Å². The van der Waals surface area contributed by atoms with Gasteiger partial charge in [-0.2, -0.15) is 0 Å². The summed E-state index contributed by atoms with van der Waals surface area (Å²) in [5.41, 5.74) is -0.128. The lowest BCUT2D eigenvalue weighted by Crippen LogP contribution is -2.47. The van der Waals surface area contributed by atoms with E-state index in [1.165, 1.54) is 13.2 Å². The second-order valence-corrected chi connectivity index (χ2v) is 6.69. The zero-order chi connectivity index (χ0) is 19.7. The van der Waals surface area contributed by atoms with Gasteiger partial charge in [0, 0.05) is 32.2 Å². The number of phenolic OH excluding ortho intramolecular Hbond substituents is 1. The number of carbonyl (C=O) groups excluding carboxylic acids is 2. The van der Waals surface area contributed by atoms with Gasteiger partial charge in [0.05, 0.1) is 30.0 Å². The fourth-order valence-electron chi connectivity index (χ4n) is 3.35. The number of aromatic hydroxyl groups is 1. The Labute approximate surface area is 155 Å². The number of benzene rings is 1. The Hall–Kier alpha value is -2.87. The molecule has 2 aromatic rings. The minimum Gasteiger partial charge on any atom is -0.507 e. The van der Waals surface area contributed by atoms with Crippen molar-refractivity contribution in [2.75, 3.05) is 40.3 Å². The number of aryl methyl sites for hydroxylation is 1. The first-order valence-corrected chi connectivity index (χ1v) is 8.65. The van der Waals surface area contributed by atoms with Crippen LogP contribution in [-0.4, -0.2) is 67.4 Å². The first-order chi connectivity index (χ1) is 12.9. The minimum atomic E-state index is -0.696.